The first-order valence-electron chi connectivity index (χ1n) is 5.50. The van der Waals surface area contributed by atoms with Crippen LogP contribution in [0.25, 0.3) is 0 Å². The van der Waals surface area contributed by atoms with Gasteiger partial charge in [0, 0.05) is 31.7 Å². The Labute approximate surface area is 97.1 Å². The predicted molar refractivity (Wildman–Crippen MR) is 67.7 cm³/mol. The van der Waals surface area contributed by atoms with Crippen LogP contribution in [0.2, 0.25) is 0 Å². The number of hydrogen-bond acceptors (Lipinski definition) is 5. The molecule has 0 radical (unpaired) electrons. The van der Waals surface area contributed by atoms with Crippen molar-refractivity contribution in [1.82, 2.24) is 9.97 Å². The third-order valence-corrected chi connectivity index (χ3v) is 2.49. The molecular weight excluding hydrogens is 202 g/mol. The molecule has 0 aliphatic rings. The Bertz CT molecular complexity index is 337. The Hall–Kier alpha value is -1.36. The van der Waals surface area contributed by atoms with Crippen LogP contribution in [0.4, 0.5) is 11.6 Å². The van der Waals surface area contributed by atoms with E-state index in [1.54, 1.807) is 6.33 Å². The fourth-order valence-corrected chi connectivity index (χ4v) is 1.18. The van der Waals surface area contributed by atoms with Crippen molar-refractivity contribution < 1.29 is 0 Å². The van der Waals surface area contributed by atoms with Gasteiger partial charge in [-0.3, -0.25) is 0 Å². The monoisotopic (exact) mass is 223 g/mol. The molecule has 3 N–H and O–H groups in total. The highest BCUT2D eigenvalue weighted by Crippen LogP contribution is 2.15. The van der Waals surface area contributed by atoms with Gasteiger partial charge < -0.3 is 16.0 Å². The lowest BCUT2D eigenvalue weighted by molar-refractivity contribution is 0.577. The third kappa shape index (κ3) is 3.34. The number of nitrogens with two attached hydrogens (primary N) is 1. The zero-order valence-electron chi connectivity index (χ0n) is 10.5. The van der Waals surface area contributed by atoms with Gasteiger partial charge in [-0.15, -0.1) is 0 Å². The lowest BCUT2D eigenvalue weighted by atomic mass is 10.1. The second kappa shape index (κ2) is 5.12. The molecule has 0 aliphatic heterocycles. The summed E-state index contributed by atoms with van der Waals surface area (Å²) in [6.45, 7) is 7.63. The lowest BCUT2D eigenvalue weighted by Crippen LogP contribution is -2.39. The van der Waals surface area contributed by atoms with Gasteiger partial charge in [0.05, 0.1) is 0 Å². The van der Waals surface area contributed by atoms with E-state index in [0.717, 1.165) is 18.2 Å². The van der Waals surface area contributed by atoms with Gasteiger partial charge in [0.1, 0.15) is 18.0 Å². The van der Waals surface area contributed by atoms with Crippen molar-refractivity contribution in [2.24, 2.45) is 5.73 Å². The van der Waals surface area contributed by atoms with E-state index in [1.807, 2.05) is 27.0 Å². The Morgan fingerprint density at radius 1 is 1.44 bits per heavy atom. The maximum absolute atomic E-state index is 5.66. The van der Waals surface area contributed by atoms with Crippen molar-refractivity contribution in [3.8, 4) is 0 Å². The number of anilines is 2. The molecule has 1 aromatic rings. The maximum atomic E-state index is 5.66. The topological polar surface area (TPSA) is 67.1 Å². The predicted octanol–water partition coefficient (Wildman–Crippen LogP) is 1.08. The third-order valence-electron chi connectivity index (χ3n) is 2.49. The number of nitrogens with zero attached hydrogens (tertiary/aromatic N) is 3. The quantitative estimate of drug-likeness (QED) is 0.782. The molecule has 16 heavy (non-hydrogen) atoms. The second-order valence-corrected chi connectivity index (χ2v) is 4.49. The standard InChI is InChI=1S/C11H21N5/c1-5-16(4)10-6-9(13-8-14-10)15-11(2,3)7-12/h6,8H,5,7,12H2,1-4H3,(H,13,14,15). The summed E-state index contributed by atoms with van der Waals surface area (Å²) in [6, 6.07) is 1.93. The summed E-state index contributed by atoms with van der Waals surface area (Å²) < 4.78 is 0. The minimum atomic E-state index is -0.156. The van der Waals surface area contributed by atoms with Gasteiger partial charge in [0.25, 0.3) is 0 Å². The summed E-state index contributed by atoms with van der Waals surface area (Å²) in [5, 5.41) is 3.28. The SMILES string of the molecule is CCN(C)c1cc(NC(C)(C)CN)ncn1. The van der Waals surface area contributed by atoms with Gasteiger partial charge in [0.2, 0.25) is 0 Å². The van der Waals surface area contributed by atoms with E-state index in [4.69, 9.17) is 5.73 Å². The highest BCUT2D eigenvalue weighted by Gasteiger charge is 2.15. The molecule has 5 heteroatoms. The minimum absolute atomic E-state index is 0.156. The zero-order chi connectivity index (χ0) is 12.2. The van der Waals surface area contributed by atoms with Gasteiger partial charge in [-0.25, -0.2) is 9.97 Å². The van der Waals surface area contributed by atoms with Gasteiger partial charge in [-0.1, -0.05) is 0 Å². The minimum Gasteiger partial charge on any atom is -0.364 e. The van der Waals surface area contributed by atoms with Crippen LogP contribution >= 0.6 is 0 Å². The Morgan fingerprint density at radius 3 is 2.69 bits per heavy atom. The molecule has 5 nitrogen and oxygen atoms in total. The van der Waals surface area contributed by atoms with Gasteiger partial charge >= 0.3 is 0 Å². The van der Waals surface area contributed by atoms with Crippen LogP contribution in [0, 0.1) is 0 Å². The Kier molecular flexibility index (Phi) is 4.06. The highest BCUT2D eigenvalue weighted by atomic mass is 15.2. The normalized spacial score (nSPS) is 11.3. The fourth-order valence-electron chi connectivity index (χ4n) is 1.18. The highest BCUT2D eigenvalue weighted by molar-refractivity contribution is 5.48. The van der Waals surface area contributed by atoms with E-state index in [1.165, 1.54) is 0 Å². The van der Waals surface area contributed by atoms with Crippen LogP contribution < -0.4 is 16.0 Å². The van der Waals surface area contributed by atoms with E-state index >= 15 is 0 Å². The van der Waals surface area contributed by atoms with Crippen molar-refractivity contribution in [3.63, 3.8) is 0 Å². The summed E-state index contributed by atoms with van der Waals surface area (Å²) in [5.41, 5.74) is 5.51. The second-order valence-electron chi connectivity index (χ2n) is 4.49. The average Bonchev–Trinajstić information content (AvgIpc) is 2.28. The smallest absolute Gasteiger partial charge is 0.133 e. The molecule has 1 heterocycles. The number of hydrogen-bond donors (Lipinski definition) is 2. The summed E-state index contributed by atoms with van der Waals surface area (Å²) in [4.78, 5) is 10.5. The van der Waals surface area contributed by atoms with Crippen molar-refractivity contribution in [3.05, 3.63) is 12.4 Å². The summed E-state index contributed by atoms with van der Waals surface area (Å²) in [7, 11) is 2.00. The molecule has 0 aliphatic carbocycles. The van der Waals surface area contributed by atoms with Gasteiger partial charge in [-0.2, -0.15) is 0 Å². The Balaban J connectivity index is 2.82. The molecule has 90 valence electrons. The summed E-state index contributed by atoms with van der Waals surface area (Å²) >= 11 is 0. The number of rotatable bonds is 5. The largest absolute Gasteiger partial charge is 0.364 e. The Morgan fingerprint density at radius 2 is 2.12 bits per heavy atom. The summed E-state index contributed by atoms with van der Waals surface area (Å²) in [5.74, 6) is 1.72. The molecule has 0 unspecified atom stereocenters. The maximum Gasteiger partial charge on any atom is 0.133 e. The fraction of sp³-hybridized carbons (Fsp3) is 0.636. The van der Waals surface area contributed by atoms with Crippen molar-refractivity contribution in [2.75, 3.05) is 30.4 Å². The van der Waals surface area contributed by atoms with Crippen LogP contribution in [0.3, 0.4) is 0 Å². The summed E-state index contributed by atoms with van der Waals surface area (Å²) in [6.07, 6.45) is 1.57. The first-order chi connectivity index (χ1) is 7.48. The van der Waals surface area contributed by atoms with Crippen LogP contribution in [-0.2, 0) is 0 Å². The lowest BCUT2D eigenvalue weighted by Gasteiger charge is -2.25. The zero-order valence-corrected chi connectivity index (χ0v) is 10.5. The van der Waals surface area contributed by atoms with Crippen LogP contribution in [0.15, 0.2) is 12.4 Å². The van der Waals surface area contributed by atoms with E-state index < -0.39 is 0 Å². The molecule has 0 atom stereocenters. The van der Waals surface area contributed by atoms with Crippen LogP contribution in [0.1, 0.15) is 20.8 Å². The van der Waals surface area contributed by atoms with E-state index in [0.29, 0.717) is 6.54 Å². The molecule has 0 saturated heterocycles. The average molecular weight is 223 g/mol. The molecule has 0 spiro atoms. The molecule has 0 bridgehead atoms. The molecule has 0 saturated carbocycles. The van der Waals surface area contributed by atoms with Crippen LogP contribution in [0.5, 0.6) is 0 Å². The molecule has 0 fully saturated rings. The van der Waals surface area contributed by atoms with Crippen LogP contribution in [-0.4, -0.2) is 35.6 Å². The molecular formula is C11H21N5. The van der Waals surface area contributed by atoms with E-state index in [9.17, 15) is 0 Å². The number of nitrogens with one attached hydrogen (secondary N) is 1. The molecule has 0 aromatic carbocycles. The van der Waals surface area contributed by atoms with Gasteiger partial charge in [-0.05, 0) is 20.8 Å². The first kappa shape index (κ1) is 12.7. The number of aromatic nitrogens is 2. The molecule has 1 rings (SSSR count). The molecule has 1 aromatic heterocycles. The van der Waals surface area contributed by atoms with Gasteiger partial charge in [0.15, 0.2) is 0 Å². The molecule has 0 amide bonds. The van der Waals surface area contributed by atoms with E-state index in [-0.39, 0.29) is 5.54 Å². The van der Waals surface area contributed by atoms with Crippen molar-refractivity contribution >= 4 is 11.6 Å². The van der Waals surface area contributed by atoms with Crippen molar-refractivity contribution in [2.45, 2.75) is 26.3 Å². The first-order valence-corrected chi connectivity index (χ1v) is 5.50. The van der Waals surface area contributed by atoms with Crippen molar-refractivity contribution in [1.29, 1.82) is 0 Å². The van der Waals surface area contributed by atoms with E-state index in [2.05, 4.69) is 27.1 Å².